The summed E-state index contributed by atoms with van der Waals surface area (Å²) in [7, 11) is 0. The molecule has 1 saturated heterocycles. The Bertz CT molecular complexity index is 944. The van der Waals surface area contributed by atoms with Gasteiger partial charge in [-0.25, -0.2) is 15.0 Å². The minimum absolute atomic E-state index is 0.0301. The smallest absolute Gasteiger partial charge is 0.263 e. The number of carbonyl (C=O) groups is 1. The Hall–Kier alpha value is -2.61. The summed E-state index contributed by atoms with van der Waals surface area (Å²) in [5, 5.41) is 2.40. The van der Waals surface area contributed by atoms with Crippen LogP contribution in [0.15, 0.2) is 35.2 Å². The highest BCUT2D eigenvalue weighted by atomic mass is 32.1. The van der Waals surface area contributed by atoms with E-state index in [0.29, 0.717) is 10.2 Å². The highest BCUT2D eigenvalue weighted by molar-refractivity contribution is 7.17. The lowest BCUT2D eigenvalue weighted by Crippen LogP contribution is -2.34. The van der Waals surface area contributed by atoms with Crippen LogP contribution in [0.5, 0.6) is 0 Å². The summed E-state index contributed by atoms with van der Waals surface area (Å²) < 4.78 is 1.39. The van der Waals surface area contributed by atoms with Crippen LogP contribution in [0.3, 0.4) is 0 Å². The van der Waals surface area contributed by atoms with Crippen LogP contribution in [0.1, 0.15) is 12.8 Å². The lowest BCUT2D eigenvalue weighted by Gasteiger charge is -2.15. The number of aromatic nitrogens is 4. The van der Waals surface area contributed by atoms with E-state index in [2.05, 4.69) is 15.0 Å². The van der Waals surface area contributed by atoms with Crippen molar-refractivity contribution >= 4 is 27.5 Å². The van der Waals surface area contributed by atoms with E-state index in [-0.39, 0.29) is 18.0 Å². The molecule has 0 saturated carbocycles. The quantitative estimate of drug-likeness (QED) is 0.722. The van der Waals surface area contributed by atoms with Gasteiger partial charge in [0.2, 0.25) is 5.91 Å². The third-order valence-electron chi connectivity index (χ3n) is 4.20. The molecule has 8 heteroatoms. The molecule has 7 nitrogen and oxygen atoms in total. The number of hydrogen-bond donors (Lipinski definition) is 0. The summed E-state index contributed by atoms with van der Waals surface area (Å²) in [5.41, 5.74) is 1.33. The van der Waals surface area contributed by atoms with Gasteiger partial charge in [0.1, 0.15) is 17.7 Å². The maximum absolute atomic E-state index is 12.9. The summed E-state index contributed by atoms with van der Waals surface area (Å²) in [6, 6.07) is 0. The maximum atomic E-state index is 12.9. The molecule has 0 atom stereocenters. The molecule has 4 heterocycles. The molecule has 0 spiro atoms. The summed E-state index contributed by atoms with van der Waals surface area (Å²) in [6.07, 6.45) is 8.30. The summed E-state index contributed by atoms with van der Waals surface area (Å²) in [5.74, 6) is -0.0319. The molecule has 0 bridgehead atoms. The van der Waals surface area contributed by atoms with Crippen molar-refractivity contribution in [2.24, 2.45) is 0 Å². The van der Waals surface area contributed by atoms with E-state index in [1.807, 2.05) is 5.38 Å². The van der Waals surface area contributed by atoms with Crippen LogP contribution in [0, 0.1) is 0 Å². The van der Waals surface area contributed by atoms with Crippen LogP contribution >= 0.6 is 11.3 Å². The minimum atomic E-state index is -0.201. The second-order valence-corrected chi connectivity index (χ2v) is 6.58. The molecule has 4 rings (SSSR count). The highest BCUT2D eigenvalue weighted by Crippen LogP contribution is 2.29. The molecule has 0 unspecified atom stereocenters. The lowest BCUT2D eigenvalue weighted by molar-refractivity contribution is -0.130. The van der Waals surface area contributed by atoms with E-state index in [0.717, 1.165) is 37.1 Å². The van der Waals surface area contributed by atoms with Crippen LogP contribution in [-0.2, 0) is 11.3 Å². The summed E-state index contributed by atoms with van der Waals surface area (Å²) >= 11 is 1.40. The van der Waals surface area contributed by atoms with E-state index >= 15 is 0 Å². The van der Waals surface area contributed by atoms with Crippen molar-refractivity contribution in [2.75, 3.05) is 13.1 Å². The third-order valence-corrected chi connectivity index (χ3v) is 5.08. The van der Waals surface area contributed by atoms with Gasteiger partial charge in [-0.2, -0.15) is 0 Å². The number of likely N-dealkylation sites (tertiary alicyclic amines) is 1. The number of fused-ring (bicyclic) bond motifs is 1. The van der Waals surface area contributed by atoms with Crippen LogP contribution in [0.4, 0.5) is 0 Å². The van der Waals surface area contributed by atoms with Gasteiger partial charge in [-0.3, -0.25) is 14.2 Å². The molecule has 0 radical (unpaired) electrons. The number of nitrogens with zero attached hydrogens (tertiary/aromatic N) is 5. The van der Waals surface area contributed by atoms with Gasteiger partial charge < -0.3 is 4.90 Å². The maximum Gasteiger partial charge on any atom is 0.263 e. The molecular formula is C16H15N5O2S. The van der Waals surface area contributed by atoms with Gasteiger partial charge in [-0.1, -0.05) is 0 Å². The molecular weight excluding hydrogens is 326 g/mol. The van der Waals surface area contributed by atoms with Gasteiger partial charge in [0, 0.05) is 42.0 Å². The van der Waals surface area contributed by atoms with Crippen molar-refractivity contribution in [3.8, 4) is 11.1 Å². The first-order chi connectivity index (χ1) is 11.7. The van der Waals surface area contributed by atoms with E-state index in [1.54, 1.807) is 17.3 Å². The number of thiophene rings is 1. The summed E-state index contributed by atoms with van der Waals surface area (Å²) in [6.45, 7) is 1.57. The van der Waals surface area contributed by atoms with Gasteiger partial charge in [0.25, 0.3) is 5.56 Å². The minimum Gasteiger partial charge on any atom is -0.341 e. The Morgan fingerprint density at radius 1 is 1.21 bits per heavy atom. The van der Waals surface area contributed by atoms with Crippen molar-refractivity contribution in [3.63, 3.8) is 0 Å². The zero-order chi connectivity index (χ0) is 16.5. The van der Waals surface area contributed by atoms with E-state index in [4.69, 9.17) is 0 Å². The van der Waals surface area contributed by atoms with E-state index < -0.39 is 0 Å². The van der Waals surface area contributed by atoms with Crippen molar-refractivity contribution in [3.05, 3.63) is 40.8 Å². The Balaban J connectivity index is 1.74. The van der Waals surface area contributed by atoms with Gasteiger partial charge in [0.15, 0.2) is 0 Å². The normalized spacial score (nSPS) is 14.4. The first kappa shape index (κ1) is 14.9. The number of rotatable bonds is 3. The lowest BCUT2D eigenvalue weighted by atomic mass is 10.1. The Morgan fingerprint density at radius 2 is 1.96 bits per heavy atom. The largest absolute Gasteiger partial charge is 0.341 e. The molecule has 1 aliphatic rings. The standard InChI is InChI=1S/C16H15N5O2S/c22-13(20-3-1-2-4-20)7-21-10-19-15-14(16(21)23)12(8-24-15)11-5-17-9-18-6-11/h5-6,8-10H,1-4,7H2. The van der Waals surface area contributed by atoms with Gasteiger partial charge in [-0.15, -0.1) is 11.3 Å². The zero-order valence-corrected chi connectivity index (χ0v) is 13.7. The van der Waals surface area contributed by atoms with Crippen LogP contribution < -0.4 is 5.56 Å². The number of amides is 1. The average molecular weight is 341 g/mol. The average Bonchev–Trinajstić information content (AvgIpc) is 3.28. The number of hydrogen-bond acceptors (Lipinski definition) is 6. The zero-order valence-electron chi connectivity index (χ0n) is 12.9. The second-order valence-electron chi connectivity index (χ2n) is 5.72. The first-order valence-electron chi connectivity index (χ1n) is 7.74. The Kier molecular flexibility index (Phi) is 3.81. The molecule has 0 N–H and O–H groups in total. The van der Waals surface area contributed by atoms with Gasteiger partial charge in [0.05, 0.1) is 11.7 Å². The predicted molar refractivity (Wildman–Crippen MR) is 90.7 cm³/mol. The highest BCUT2D eigenvalue weighted by Gasteiger charge is 2.20. The topological polar surface area (TPSA) is 81.0 Å². The predicted octanol–water partition coefficient (Wildman–Crippen LogP) is 1.54. The monoisotopic (exact) mass is 341 g/mol. The second kappa shape index (κ2) is 6.12. The fraction of sp³-hybridized carbons (Fsp3) is 0.312. The fourth-order valence-electron chi connectivity index (χ4n) is 2.94. The molecule has 3 aromatic rings. The molecule has 0 aliphatic carbocycles. The van der Waals surface area contributed by atoms with E-state index in [1.165, 1.54) is 28.6 Å². The molecule has 0 aromatic carbocycles. The van der Waals surface area contributed by atoms with Crippen molar-refractivity contribution in [1.29, 1.82) is 0 Å². The van der Waals surface area contributed by atoms with Crippen LogP contribution in [0.2, 0.25) is 0 Å². The molecule has 3 aromatic heterocycles. The van der Waals surface area contributed by atoms with Crippen LogP contribution in [-0.4, -0.2) is 43.4 Å². The molecule has 122 valence electrons. The molecule has 1 amide bonds. The van der Waals surface area contributed by atoms with Gasteiger partial charge >= 0.3 is 0 Å². The Labute approximate surface area is 141 Å². The van der Waals surface area contributed by atoms with Gasteiger partial charge in [-0.05, 0) is 12.8 Å². The SMILES string of the molecule is O=C(Cn1cnc2scc(-c3cncnc3)c2c1=O)N1CCCC1. The van der Waals surface area contributed by atoms with Crippen molar-refractivity contribution < 1.29 is 4.79 Å². The molecule has 1 fully saturated rings. The third kappa shape index (κ3) is 2.58. The summed E-state index contributed by atoms with van der Waals surface area (Å²) in [4.78, 5) is 40.0. The van der Waals surface area contributed by atoms with Crippen molar-refractivity contribution in [1.82, 2.24) is 24.4 Å². The first-order valence-corrected chi connectivity index (χ1v) is 8.62. The molecule has 24 heavy (non-hydrogen) atoms. The molecule has 1 aliphatic heterocycles. The number of carbonyl (C=O) groups excluding carboxylic acids is 1. The van der Waals surface area contributed by atoms with E-state index in [9.17, 15) is 9.59 Å². The Morgan fingerprint density at radius 3 is 2.71 bits per heavy atom. The van der Waals surface area contributed by atoms with Crippen LogP contribution in [0.25, 0.3) is 21.3 Å². The fourth-order valence-corrected chi connectivity index (χ4v) is 3.85. The van der Waals surface area contributed by atoms with Crippen molar-refractivity contribution in [2.45, 2.75) is 19.4 Å².